The normalized spacial score (nSPS) is 10.5. The molecule has 0 bridgehead atoms. The third-order valence-electron chi connectivity index (χ3n) is 2.75. The van der Waals surface area contributed by atoms with Crippen molar-refractivity contribution < 1.29 is 9.18 Å². The SMILES string of the molecule is Cc1cc(F)cc(C(=O)Cc2cccc(Cl)c2Cl)c1. The summed E-state index contributed by atoms with van der Waals surface area (Å²) < 4.78 is 13.3. The van der Waals surface area contributed by atoms with Crippen molar-refractivity contribution >= 4 is 29.0 Å². The molecule has 0 fully saturated rings. The molecule has 19 heavy (non-hydrogen) atoms. The number of carbonyl (C=O) groups excluding carboxylic acids is 1. The minimum atomic E-state index is -0.416. The van der Waals surface area contributed by atoms with Crippen molar-refractivity contribution in [3.63, 3.8) is 0 Å². The molecule has 0 aliphatic carbocycles. The zero-order chi connectivity index (χ0) is 14.0. The van der Waals surface area contributed by atoms with Gasteiger partial charge in [-0.15, -0.1) is 0 Å². The van der Waals surface area contributed by atoms with Crippen LogP contribution in [0.5, 0.6) is 0 Å². The number of ketones is 1. The molecule has 0 N–H and O–H groups in total. The molecule has 0 aliphatic rings. The fourth-order valence-electron chi connectivity index (χ4n) is 1.86. The van der Waals surface area contributed by atoms with Crippen LogP contribution in [0.4, 0.5) is 4.39 Å². The molecular formula is C15H11Cl2FO. The quantitative estimate of drug-likeness (QED) is 0.739. The Balaban J connectivity index is 2.28. The first-order chi connectivity index (χ1) is 8.97. The molecule has 0 spiro atoms. The van der Waals surface area contributed by atoms with E-state index in [0.717, 1.165) is 0 Å². The van der Waals surface area contributed by atoms with E-state index in [-0.39, 0.29) is 12.2 Å². The standard InChI is InChI=1S/C15H11Cl2FO/c1-9-5-11(7-12(18)6-9)14(19)8-10-3-2-4-13(16)15(10)17/h2-7H,8H2,1H3. The zero-order valence-electron chi connectivity index (χ0n) is 10.2. The Labute approximate surface area is 121 Å². The molecule has 0 aromatic heterocycles. The van der Waals surface area contributed by atoms with Crippen LogP contribution in [-0.4, -0.2) is 5.78 Å². The lowest BCUT2D eigenvalue weighted by molar-refractivity contribution is 0.0992. The molecular weight excluding hydrogens is 286 g/mol. The van der Waals surface area contributed by atoms with Gasteiger partial charge in [-0.05, 0) is 42.3 Å². The van der Waals surface area contributed by atoms with Crippen molar-refractivity contribution in [3.8, 4) is 0 Å². The molecule has 98 valence electrons. The van der Waals surface area contributed by atoms with E-state index in [1.165, 1.54) is 12.1 Å². The van der Waals surface area contributed by atoms with Gasteiger partial charge in [0, 0.05) is 12.0 Å². The molecule has 0 heterocycles. The fourth-order valence-corrected chi connectivity index (χ4v) is 2.24. The summed E-state index contributed by atoms with van der Waals surface area (Å²) in [5.41, 5.74) is 1.69. The Kier molecular flexibility index (Phi) is 4.23. The van der Waals surface area contributed by atoms with E-state index in [1.54, 1.807) is 31.2 Å². The maximum Gasteiger partial charge on any atom is 0.167 e. The molecule has 2 rings (SSSR count). The van der Waals surface area contributed by atoms with Crippen LogP contribution in [0.15, 0.2) is 36.4 Å². The van der Waals surface area contributed by atoms with E-state index >= 15 is 0 Å². The molecule has 0 amide bonds. The van der Waals surface area contributed by atoms with Crippen molar-refractivity contribution in [3.05, 3.63) is 69.0 Å². The lowest BCUT2D eigenvalue weighted by Gasteiger charge is -2.06. The Morgan fingerprint density at radius 1 is 1.21 bits per heavy atom. The smallest absolute Gasteiger partial charge is 0.167 e. The van der Waals surface area contributed by atoms with Crippen molar-refractivity contribution in [2.75, 3.05) is 0 Å². The number of benzene rings is 2. The van der Waals surface area contributed by atoms with E-state index in [9.17, 15) is 9.18 Å². The van der Waals surface area contributed by atoms with Gasteiger partial charge in [0.1, 0.15) is 5.82 Å². The van der Waals surface area contributed by atoms with E-state index in [2.05, 4.69) is 0 Å². The summed E-state index contributed by atoms with van der Waals surface area (Å²) in [6.45, 7) is 1.74. The van der Waals surface area contributed by atoms with Gasteiger partial charge in [0.2, 0.25) is 0 Å². The minimum Gasteiger partial charge on any atom is -0.294 e. The van der Waals surface area contributed by atoms with Crippen LogP contribution in [-0.2, 0) is 6.42 Å². The number of halogens is 3. The Morgan fingerprint density at radius 3 is 2.63 bits per heavy atom. The van der Waals surface area contributed by atoms with Gasteiger partial charge in [-0.3, -0.25) is 4.79 Å². The topological polar surface area (TPSA) is 17.1 Å². The second-order valence-electron chi connectivity index (χ2n) is 4.33. The zero-order valence-corrected chi connectivity index (χ0v) is 11.7. The van der Waals surface area contributed by atoms with Gasteiger partial charge in [-0.25, -0.2) is 4.39 Å². The molecule has 0 radical (unpaired) electrons. The Hall–Kier alpha value is -1.38. The number of hydrogen-bond acceptors (Lipinski definition) is 1. The van der Waals surface area contributed by atoms with Crippen molar-refractivity contribution in [2.45, 2.75) is 13.3 Å². The summed E-state index contributed by atoms with van der Waals surface area (Å²) in [6, 6.07) is 9.39. The third kappa shape index (κ3) is 3.34. The second kappa shape index (κ2) is 5.72. The number of carbonyl (C=O) groups is 1. The molecule has 2 aromatic carbocycles. The van der Waals surface area contributed by atoms with Crippen LogP contribution < -0.4 is 0 Å². The number of rotatable bonds is 3. The summed E-state index contributed by atoms with van der Waals surface area (Å²) >= 11 is 11.9. The van der Waals surface area contributed by atoms with Crippen LogP contribution in [0, 0.1) is 12.7 Å². The Bertz CT molecular complexity index is 618. The van der Waals surface area contributed by atoms with Gasteiger partial charge >= 0.3 is 0 Å². The summed E-state index contributed by atoms with van der Waals surface area (Å²) in [4.78, 5) is 12.1. The van der Waals surface area contributed by atoms with Crippen LogP contribution in [0.1, 0.15) is 21.5 Å². The van der Waals surface area contributed by atoms with Crippen LogP contribution in [0.2, 0.25) is 10.0 Å². The van der Waals surface area contributed by atoms with Crippen molar-refractivity contribution in [1.82, 2.24) is 0 Å². The molecule has 1 nitrogen and oxygen atoms in total. The van der Waals surface area contributed by atoms with E-state index in [4.69, 9.17) is 23.2 Å². The van der Waals surface area contributed by atoms with Crippen molar-refractivity contribution in [2.24, 2.45) is 0 Å². The molecule has 0 atom stereocenters. The Morgan fingerprint density at radius 2 is 1.95 bits per heavy atom. The number of Topliss-reactive ketones (excluding diaryl/α,β-unsaturated/α-hetero) is 1. The predicted molar refractivity (Wildman–Crippen MR) is 75.6 cm³/mol. The predicted octanol–water partition coefficient (Wildman–Crippen LogP) is 4.87. The fraction of sp³-hybridized carbons (Fsp3) is 0.133. The average Bonchev–Trinajstić information content (AvgIpc) is 2.33. The molecule has 2 aromatic rings. The minimum absolute atomic E-state index is 0.0995. The maximum atomic E-state index is 13.3. The molecule has 0 saturated heterocycles. The summed E-state index contributed by atoms with van der Waals surface area (Å²) in [5.74, 6) is -0.604. The highest BCUT2D eigenvalue weighted by Crippen LogP contribution is 2.26. The van der Waals surface area contributed by atoms with Gasteiger partial charge in [0.05, 0.1) is 10.0 Å². The first-order valence-electron chi connectivity index (χ1n) is 5.70. The van der Waals surface area contributed by atoms with Gasteiger partial charge in [0.15, 0.2) is 5.78 Å². The largest absolute Gasteiger partial charge is 0.294 e. The second-order valence-corrected chi connectivity index (χ2v) is 5.12. The van der Waals surface area contributed by atoms with Crippen LogP contribution in [0.25, 0.3) is 0 Å². The lowest BCUT2D eigenvalue weighted by Crippen LogP contribution is -2.05. The van der Waals surface area contributed by atoms with E-state index in [1.807, 2.05) is 0 Å². The number of aryl methyl sites for hydroxylation is 1. The number of hydrogen-bond donors (Lipinski definition) is 0. The summed E-state index contributed by atoms with van der Waals surface area (Å²) in [5, 5.41) is 0.771. The highest BCUT2D eigenvalue weighted by molar-refractivity contribution is 6.42. The monoisotopic (exact) mass is 296 g/mol. The van der Waals surface area contributed by atoms with Gasteiger partial charge in [0.25, 0.3) is 0 Å². The lowest BCUT2D eigenvalue weighted by atomic mass is 10.0. The van der Waals surface area contributed by atoms with Gasteiger partial charge < -0.3 is 0 Å². The molecule has 0 unspecified atom stereocenters. The van der Waals surface area contributed by atoms with E-state index in [0.29, 0.717) is 26.7 Å². The van der Waals surface area contributed by atoms with Gasteiger partial charge in [-0.1, -0.05) is 35.3 Å². The average molecular weight is 297 g/mol. The molecule has 0 aliphatic heterocycles. The summed E-state index contributed by atoms with van der Waals surface area (Å²) in [7, 11) is 0. The third-order valence-corrected chi connectivity index (χ3v) is 3.60. The maximum absolute atomic E-state index is 13.3. The first-order valence-corrected chi connectivity index (χ1v) is 6.46. The van der Waals surface area contributed by atoms with Crippen LogP contribution in [0.3, 0.4) is 0 Å². The van der Waals surface area contributed by atoms with Crippen molar-refractivity contribution in [1.29, 1.82) is 0 Å². The first kappa shape index (κ1) is 14.0. The van der Waals surface area contributed by atoms with E-state index < -0.39 is 5.82 Å². The molecule has 0 saturated carbocycles. The molecule has 4 heteroatoms. The highest BCUT2D eigenvalue weighted by atomic mass is 35.5. The summed E-state index contributed by atoms with van der Waals surface area (Å²) in [6.07, 6.45) is 0.0995. The highest BCUT2D eigenvalue weighted by Gasteiger charge is 2.12. The van der Waals surface area contributed by atoms with Gasteiger partial charge in [-0.2, -0.15) is 0 Å². The van der Waals surface area contributed by atoms with Crippen LogP contribution >= 0.6 is 23.2 Å².